The highest BCUT2D eigenvalue weighted by atomic mass is 16.5. The molecule has 0 bridgehead atoms. The van der Waals surface area contributed by atoms with Crippen molar-refractivity contribution in [3.63, 3.8) is 0 Å². The molecule has 0 heterocycles. The second-order valence-electron chi connectivity index (χ2n) is 5.85. The van der Waals surface area contributed by atoms with Gasteiger partial charge in [-0.25, -0.2) is 4.79 Å². The molecule has 0 atom stereocenters. The molecule has 0 aliphatic rings. The van der Waals surface area contributed by atoms with E-state index in [-0.39, 0.29) is 5.97 Å². The van der Waals surface area contributed by atoms with Crippen LogP contribution in [0.1, 0.15) is 15.9 Å². The molecule has 3 aromatic rings. The van der Waals surface area contributed by atoms with Crippen LogP contribution in [0.15, 0.2) is 72.8 Å². The number of hydrogen-bond donors (Lipinski definition) is 1. The molecule has 0 aliphatic carbocycles. The minimum Gasteiger partial charge on any atom is -0.497 e. The number of rotatable bonds is 6. The Labute approximate surface area is 153 Å². The fraction of sp³-hybridized carbons (Fsp3) is 0.136. The highest BCUT2D eigenvalue weighted by molar-refractivity contribution is 5.90. The fourth-order valence-corrected chi connectivity index (χ4v) is 2.70. The van der Waals surface area contributed by atoms with Crippen LogP contribution in [-0.2, 0) is 11.3 Å². The van der Waals surface area contributed by atoms with E-state index >= 15 is 0 Å². The highest BCUT2D eigenvalue weighted by Crippen LogP contribution is 2.22. The Bertz CT molecular complexity index is 888. The number of esters is 1. The first kappa shape index (κ1) is 17.5. The van der Waals surface area contributed by atoms with Gasteiger partial charge in [0.05, 0.1) is 19.8 Å². The molecule has 4 nitrogen and oxygen atoms in total. The van der Waals surface area contributed by atoms with E-state index in [2.05, 4.69) is 29.6 Å². The average molecular weight is 347 g/mol. The van der Waals surface area contributed by atoms with Gasteiger partial charge in [0, 0.05) is 18.3 Å². The zero-order valence-corrected chi connectivity index (χ0v) is 14.9. The van der Waals surface area contributed by atoms with Gasteiger partial charge in [0.25, 0.3) is 0 Å². The first-order valence-corrected chi connectivity index (χ1v) is 8.35. The lowest BCUT2D eigenvalue weighted by Crippen LogP contribution is -2.01. The SMILES string of the molecule is COC(=O)c1cccc(-c2ccc(CNc3cccc(OC)c3)cc2)c1. The van der Waals surface area contributed by atoms with E-state index < -0.39 is 0 Å². The van der Waals surface area contributed by atoms with E-state index in [4.69, 9.17) is 9.47 Å². The Balaban J connectivity index is 1.69. The number of carbonyl (C=O) groups excluding carboxylic acids is 1. The van der Waals surface area contributed by atoms with Crippen LogP contribution >= 0.6 is 0 Å². The Morgan fingerprint density at radius 2 is 1.65 bits per heavy atom. The molecule has 1 N–H and O–H groups in total. The van der Waals surface area contributed by atoms with Crippen molar-refractivity contribution in [1.82, 2.24) is 0 Å². The highest BCUT2D eigenvalue weighted by Gasteiger charge is 2.07. The number of nitrogens with one attached hydrogen (secondary N) is 1. The van der Waals surface area contributed by atoms with Crippen molar-refractivity contribution in [2.24, 2.45) is 0 Å². The summed E-state index contributed by atoms with van der Waals surface area (Å²) in [4.78, 5) is 11.7. The molecule has 132 valence electrons. The molecule has 0 spiro atoms. The Morgan fingerprint density at radius 1 is 0.885 bits per heavy atom. The monoisotopic (exact) mass is 347 g/mol. The average Bonchev–Trinajstić information content (AvgIpc) is 2.72. The molecule has 0 unspecified atom stereocenters. The standard InChI is InChI=1S/C22H21NO3/c1-25-21-8-4-7-20(14-21)23-15-16-9-11-17(12-10-16)18-5-3-6-19(13-18)22(24)26-2/h3-14,23H,15H2,1-2H3. The van der Waals surface area contributed by atoms with Crippen molar-refractivity contribution in [2.75, 3.05) is 19.5 Å². The van der Waals surface area contributed by atoms with Crippen molar-refractivity contribution >= 4 is 11.7 Å². The molecule has 0 radical (unpaired) electrons. The van der Waals surface area contributed by atoms with Gasteiger partial charge in [-0.1, -0.05) is 42.5 Å². The van der Waals surface area contributed by atoms with Gasteiger partial charge in [0.2, 0.25) is 0 Å². The summed E-state index contributed by atoms with van der Waals surface area (Å²) in [6.45, 7) is 0.718. The number of methoxy groups -OCH3 is 2. The molecule has 3 rings (SSSR count). The molecule has 0 aromatic heterocycles. The van der Waals surface area contributed by atoms with Crippen molar-refractivity contribution in [3.8, 4) is 16.9 Å². The van der Waals surface area contributed by atoms with Gasteiger partial charge in [-0.05, 0) is 41.0 Å². The molecular formula is C22H21NO3. The van der Waals surface area contributed by atoms with Gasteiger partial charge in [-0.2, -0.15) is 0 Å². The van der Waals surface area contributed by atoms with E-state index in [1.807, 2.05) is 42.5 Å². The largest absolute Gasteiger partial charge is 0.497 e. The predicted octanol–water partition coefficient (Wildman–Crippen LogP) is 4.76. The Morgan fingerprint density at radius 3 is 2.38 bits per heavy atom. The topological polar surface area (TPSA) is 47.6 Å². The summed E-state index contributed by atoms with van der Waals surface area (Å²) >= 11 is 0. The third kappa shape index (κ3) is 4.22. The van der Waals surface area contributed by atoms with E-state index in [0.29, 0.717) is 5.56 Å². The predicted molar refractivity (Wildman–Crippen MR) is 104 cm³/mol. The van der Waals surface area contributed by atoms with E-state index in [1.165, 1.54) is 12.7 Å². The molecule has 0 amide bonds. The first-order chi connectivity index (χ1) is 12.7. The minimum atomic E-state index is -0.328. The maximum absolute atomic E-state index is 11.7. The van der Waals surface area contributed by atoms with Crippen LogP contribution in [0.25, 0.3) is 11.1 Å². The lowest BCUT2D eigenvalue weighted by Gasteiger charge is -2.09. The van der Waals surface area contributed by atoms with E-state index in [1.54, 1.807) is 13.2 Å². The van der Waals surface area contributed by atoms with Crippen LogP contribution in [0.3, 0.4) is 0 Å². The summed E-state index contributed by atoms with van der Waals surface area (Å²) in [6, 6.07) is 23.5. The van der Waals surface area contributed by atoms with Gasteiger partial charge in [-0.3, -0.25) is 0 Å². The summed E-state index contributed by atoms with van der Waals surface area (Å²) in [5, 5.41) is 3.39. The Kier molecular flexibility index (Phi) is 5.54. The van der Waals surface area contributed by atoms with E-state index in [0.717, 1.165) is 29.1 Å². The van der Waals surface area contributed by atoms with Crippen LogP contribution in [-0.4, -0.2) is 20.2 Å². The minimum absolute atomic E-state index is 0.328. The smallest absolute Gasteiger partial charge is 0.337 e. The van der Waals surface area contributed by atoms with E-state index in [9.17, 15) is 4.79 Å². The first-order valence-electron chi connectivity index (χ1n) is 8.35. The third-order valence-electron chi connectivity index (χ3n) is 4.14. The maximum atomic E-state index is 11.7. The van der Waals surface area contributed by atoms with Crippen LogP contribution in [0.4, 0.5) is 5.69 Å². The molecule has 0 fully saturated rings. The van der Waals surface area contributed by atoms with Crippen molar-refractivity contribution < 1.29 is 14.3 Å². The summed E-state index contributed by atoms with van der Waals surface area (Å²) in [5.74, 6) is 0.502. The molecule has 0 saturated heterocycles. The molecule has 0 aliphatic heterocycles. The number of carbonyl (C=O) groups is 1. The zero-order chi connectivity index (χ0) is 18.4. The second-order valence-corrected chi connectivity index (χ2v) is 5.85. The van der Waals surface area contributed by atoms with Gasteiger partial charge < -0.3 is 14.8 Å². The summed E-state index contributed by atoms with van der Waals surface area (Å²) in [6.07, 6.45) is 0. The van der Waals surface area contributed by atoms with Crippen molar-refractivity contribution in [1.29, 1.82) is 0 Å². The Hall–Kier alpha value is -3.27. The lowest BCUT2D eigenvalue weighted by atomic mass is 10.0. The zero-order valence-electron chi connectivity index (χ0n) is 14.9. The number of ether oxygens (including phenoxy) is 2. The quantitative estimate of drug-likeness (QED) is 0.653. The number of hydrogen-bond acceptors (Lipinski definition) is 4. The van der Waals surface area contributed by atoms with Crippen molar-refractivity contribution in [3.05, 3.63) is 83.9 Å². The summed E-state index contributed by atoms with van der Waals surface area (Å²) in [7, 11) is 3.05. The second kappa shape index (κ2) is 8.21. The maximum Gasteiger partial charge on any atom is 0.337 e. The molecule has 0 saturated carbocycles. The van der Waals surface area contributed by atoms with Gasteiger partial charge >= 0.3 is 5.97 Å². The molecular weight excluding hydrogens is 326 g/mol. The summed E-state index contributed by atoms with van der Waals surface area (Å²) in [5.41, 5.74) is 4.77. The molecule has 4 heteroatoms. The molecule has 3 aromatic carbocycles. The fourth-order valence-electron chi connectivity index (χ4n) is 2.70. The van der Waals surface area contributed by atoms with Crippen LogP contribution in [0.2, 0.25) is 0 Å². The van der Waals surface area contributed by atoms with Gasteiger partial charge in [0.15, 0.2) is 0 Å². The lowest BCUT2D eigenvalue weighted by molar-refractivity contribution is 0.0601. The third-order valence-corrected chi connectivity index (χ3v) is 4.14. The van der Waals surface area contributed by atoms with Crippen LogP contribution < -0.4 is 10.1 Å². The van der Waals surface area contributed by atoms with Gasteiger partial charge in [-0.15, -0.1) is 0 Å². The van der Waals surface area contributed by atoms with Gasteiger partial charge in [0.1, 0.15) is 5.75 Å². The van der Waals surface area contributed by atoms with Crippen molar-refractivity contribution in [2.45, 2.75) is 6.54 Å². The normalized spacial score (nSPS) is 10.2. The number of anilines is 1. The summed E-state index contributed by atoms with van der Waals surface area (Å²) < 4.78 is 10.0. The number of benzene rings is 3. The molecule has 26 heavy (non-hydrogen) atoms. The van der Waals surface area contributed by atoms with Crippen LogP contribution in [0.5, 0.6) is 5.75 Å². The van der Waals surface area contributed by atoms with Crippen LogP contribution in [0, 0.1) is 0 Å².